The number of amides is 1. The van der Waals surface area contributed by atoms with E-state index in [9.17, 15) is 22.9 Å². The molecule has 1 fully saturated rings. The highest BCUT2D eigenvalue weighted by atomic mass is 32.2. The highest BCUT2D eigenvalue weighted by molar-refractivity contribution is 7.89. The molecule has 0 N–H and O–H groups in total. The predicted octanol–water partition coefficient (Wildman–Crippen LogP) is 3.51. The van der Waals surface area contributed by atoms with Crippen molar-refractivity contribution in [2.24, 2.45) is 0 Å². The quantitative estimate of drug-likeness (QED) is 0.610. The summed E-state index contributed by atoms with van der Waals surface area (Å²) < 4.78 is 40.9. The van der Waals surface area contributed by atoms with Gasteiger partial charge in [-0.15, -0.1) is 0 Å². The minimum atomic E-state index is -3.98. The van der Waals surface area contributed by atoms with Gasteiger partial charge in [-0.2, -0.15) is 9.57 Å². The molecule has 0 aromatic heterocycles. The first-order chi connectivity index (χ1) is 15.4. The van der Waals surface area contributed by atoms with Crippen LogP contribution in [0.5, 0.6) is 0 Å². The molecular formula is C24H20FN3O3S. The van der Waals surface area contributed by atoms with Crippen LogP contribution in [0, 0.1) is 17.1 Å². The fourth-order valence-corrected chi connectivity index (χ4v) is 5.30. The van der Waals surface area contributed by atoms with Gasteiger partial charge in [0.05, 0.1) is 11.6 Å². The molecule has 6 nitrogen and oxygen atoms in total. The zero-order chi connectivity index (χ0) is 22.7. The van der Waals surface area contributed by atoms with Crippen LogP contribution >= 0.6 is 0 Å². The highest BCUT2D eigenvalue weighted by Gasteiger charge is 2.32. The number of piperazine rings is 1. The third-order valence-corrected chi connectivity index (χ3v) is 7.41. The lowest BCUT2D eigenvalue weighted by Gasteiger charge is -2.34. The lowest BCUT2D eigenvalue weighted by molar-refractivity contribution is 0.0698. The fraction of sp³-hybridized carbons (Fsp3) is 0.167. The maximum absolute atomic E-state index is 14.0. The summed E-state index contributed by atoms with van der Waals surface area (Å²) in [5, 5.41) is 9.44. The summed E-state index contributed by atoms with van der Waals surface area (Å²) in [6, 6.07) is 21.5. The molecule has 0 atom stereocenters. The van der Waals surface area contributed by atoms with Crippen molar-refractivity contribution in [3.63, 3.8) is 0 Å². The maximum atomic E-state index is 14.0. The Labute approximate surface area is 186 Å². The summed E-state index contributed by atoms with van der Waals surface area (Å²) in [6.45, 7) is 0.500. The number of benzene rings is 3. The first kappa shape index (κ1) is 21.7. The number of nitriles is 1. The van der Waals surface area contributed by atoms with Crippen molar-refractivity contribution in [3.8, 4) is 17.2 Å². The average molecular weight is 450 g/mol. The molecular weight excluding hydrogens is 429 g/mol. The summed E-state index contributed by atoms with van der Waals surface area (Å²) in [4.78, 5) is 14.5. The van der Waals surface area contributed by atoms with E-state index in [-0.39, 0.29) is 37.0 Å². The molecule has 1 aliphatic rings. The summed E-state index contributed by atoms with van der Waals surface area (Å²) in [7, 11) is -3.98. The molecule has 32 heavy (non-hydrogen) atoms. The molecule has 3 aromatic carbocycles. The van der Waals surface area contributed by atoms with Gasteiger partial charge in [0.15, 0.2) is 0 Å². The monoisotopic (exact) mass is 449 g/mol. The van der Waals surface area contributed by atoms with Crippen LogP contribution in [0.25, 0.3) is 11.1 Å². The normalized spacial score (nSPS) is 14.7. The average Bonchev–Trinajstić information content (AvgIpc) is 2.84. The smallest absolute Gasteiger partial charge is 0.254 e. The molecule has 0 saturated carbocycles. The van der Waals surface area contributed by atoms with E-state index in [0.717, 1.165) is 6.07 Å². The van der Waals surface area contributed by atoms with Gasteiger partial charge in [-0.3, -0.25) is 4.79 Å². The second-order valence-corrected chi connectivity index (χ2v) is 9.24. The van der Waals surface area contributed by atoms with Crippen LogP contribution in [0.1, 0.15) is 15.9 Å². The molecule has 1 aliphatic heterocycles. The van der Waals surface area contributed by atoms with Gasteiger partial charge in [0.2, 0.25) is 10.0 Å². The van der Waals surface area contributed by atoms with Gasteiger partial charge in [-0.25, -0.2) is 12.8 Å². The van der Waals surface area contributed by atoms with E-state index in [1.807, 2.05) is 6.07 Å². The van der Waals surface area contributed by atoms with Crippen LogP contribution in [-0.2, 0) is 10.0 Å². The summed E-state index contributed by atoms with van der Waals surface area (Å²) in [5.74, 6) is -1.03. The molecule has 0 spiro atoms. The SMILES string of the molecule is N#Cc1ccccc1-c1ccccc1C(=O)N1CCN(S(=O)(=O)c2ccccc2F)CC1. The molecule has 8 heteroatoms. The maximum Gasteiger partial charge on any atom is 0.254 e. The number of carbonyl (C=O) groups excluding carboxylic acids is 1. The summed E-state index contributed by atoms with van der Waals surface area (Å²) in [6.07, 6.45) is 0. The minimum Gasteiger partial charge on any atom is -0.336 e. The Morgan fingerprint density at radius 3 is 2.12 bits per heavy atom. The van der Waals surface area contributed by atoms with Crippen LogP contribution < -0.4 is 0 Å². The minimum absolute atomic E-state index is 0.0688. The van der Waals surface area contributed by atoms with Crippen molar-refractivity contribution < 1.29 is 17.6 Å². The summed E-state index contributed by atoms with van der Waals surface area (Å²) >= 11 is 0. The Balaban J connectivity index is 1.56. The number of hydrogen-bond donors (Lipinski definition) is 0. The Morgan fingerprint density at radius 1 is 0.844 bits per heavy atom. The lowest BCUT2D eigenvalue weighted by atomic mass is 9.95. The van der Waals surface area contributed by atoms with Gasteiger partial charge >= 0.3 is 0 Å². The van der Waals surface area contributed by atoms with Crippen molar-refractivity contribution in [1.82, 2.24) is 9.21 Å². The van der Waals surface area contributed by atoms with E-state index in [1.54, 1.807) is 47.4 Å². The molecule has 0 unspecified atom stereocenters. The van der Waals surface area contributed by atoms with Gasteiger partial charge < -0.3 is 4.90 Å². The van der Waals surface area contributed by atoms with Gasteiger partial charge in [0.1, 0.15) is 10.7 Å². The van der Waals surface area contributed by atoms with E-state index >= 15 is 0 Å². The first-order valence-corrected chi connectivity index (χ1v) is 11.5. The number of hydrogen-bond acceptors (Lipinski definition) is 4. The first-order valence-electron chi connectivity index (χ1n) is 10.1. The van der Waals surface area contributed by atoms with Crippen molar-refractivity contribution in [2.45, 2.75) is 4.90 Å². The van der Waals surface area contributed by atoms with Crippen LogP contribution in [0.2, 0.25) is 0 Å². The van der Waals surface area contributed by atoms with Crippen molar-refractivity contribution in [2.75, 3.05) is 26.2 Å². The third kappa shape index (κ3) is 4.00. The van der Waals surface area contributed by atoms with Gasteiger partial charge in [0.25, 0.3) is 5.91 Å². The molecule has 1 saturated heterocycles. The van der Waals surface area contributed by atoms with Crippen LogP contribution in [-0.4, -0.2) is 49.7 Å². The third-order valence-electron chi connectivity index (χ3n) is 5.48. The Kier molecular flexibility index (Phi) is 6.04. The number of rotatable bonds is 4. The lowest BCUT2D eigenvalue weighted by Crippen LogP contribution is -2.50. The van der Waals surface area contributed by atoms with Crippen LogP contribution in [0.15, 0.2) is 77.7 Å². The molecule has 0 bridgehead atoms. The number of nitrogens with zero attached hydrogens (tertiary/aromatic N) is 3. The molecule has 0 aliphatic carbocycles. The largest absolute Gasteiger partial charge is 0.336 e. The Morgan fingerprint density at radius 2 is 1.44 bits per heavy atom. The standard InChI is InChI=1S/C24H20FN3O3S/c25-22-11-5-6-12-23(22)32(30,31)28-15-13-27(14-16-28)24(29)21-10-4-3-9-20(21)19-8-2-1-7-18(19)17-26/h1-12H,13-16H2. The van der Waals surface area contributed by atoms with Crippen LogP contribution in [0.4, 0.5) is 4.39 Å². The molecule has 4 rings (SSSR count). The predicted molar refractivity (Wildman–Crippen MR) is 118 cm³/mol. The topological polar surface area (TPSA) is 81.5 Å². The Hall–Kier alpha value is -3.54. The molecule has 1 heterocycles. The number of halogens is 1. The second-order valence-electron chi connectivity index (χ2n) is 7.33. The van der Waals surface area contributed by atoms with E-state index in [4.69, 9.17) is 0 Å². The van der Waals surface area contributed by atoms with Gasteiger partial charge in [-0.1, -0.05) is 48.5 Å². The second kappa shape index (κ2) is 8.91. The van der Waals surface area contributed by atoms with Crippen LogP contribution in [0.3, 0.4) is 0 Å². The van der Waals surface area contributed by atoms with E-state index in [2.05, 4.69) is 6.07 Å². The summed E-state index contributed by atoms with van der Waals surface area (Å²) in [5.41, 5.74) is 2.23. The van der Waals surface area contributed by atoms with E-state index in [1.165, 1.54) is 22.5 Å². The van der Waals surface area contributed by atoms with E-state index in [0.29, 0.717) is 22.3 Å². The van der Waals surface area contributed by atoms with Crippen molar-refractivity contribution in [3.05, 3.63) is 89.7 Å². The molecule has 3 aromatic rings. The fourth-order valence-electron chi connectivity index (χ4n) is 3.81. The zero-order valence-electron chi connectivity index (χ0n) is 17.1. The highest BCUT2D eigenvalue weighted by Crippen LogP contribution is 2.28. The zero-order valence-corrected chi connectivity index (χ0v) is 17.9. The number of sulfonamides is 1. The van der Waals surface area contributed by atoms with Crippen molar-refractivity contribution >= 4 is 15.9 Å². The van der Waals surface area contributed by atoms with E-state index < -0.39 is 15.8 Å². The molecule has 1 amide bonds. The van der Waals surface area contributed by atoms with Crippen molar-refractivity contribution in [1.29, 1.82) is 5.26 Å². The molecule has 0 radical (unpaired) electrons. The Bertz CT molecular complexity index is 1310. The molecule has 162 valence electrons. The van der Waals surface area contributed by atoms with Gasteiger partial charge in [-0.05, 0) is 29.8 Å². The number of carbonyl (C=O) groups is 1. The van der Waals surface area contributed by atoms with Gasteiger partial charge in [0, 0.05) is 37.3 Å².